The molecular formula is C12H15N7O2. The van der Waals surface area contributed by atoms with E-state index in [9.17, 15) is 4.79 Å². The fraction of sp³-hybridized carbons (Fsp3) is 0.417. The Kier molecular flexibility index (Phi) is 3.38. The number of carboxylic acids is 1. The van der Waals surface area contributed by atoms with E-state index in [0.717, 1.165) is 32.0 Å². The molecule has 1 aliphatic rings. The molecule has 1 N–H and O–H groups in total. The van der Waals surface area contributed by atoms with Gasteiger partial charge in [-0.2, -0.15) is 4.98 Å². The summed E-state index contributed by atoms with van der Waals surface area (Å²) in [5.74, 6) is 0.131. The van der Waals surface area contributed by atoms with Crippen molar-refractivity contribution in [1.29, 1.82) is 0 Å². The predicted octanol–water partition coefficient (Wildman–Crippen LogP) is -0.370. The lowest BCUT2D eigenvalue weighted by atomic mass is 10.3. The minimum atomic E-state index is -1.12. The maximum atomic E-state index is 10.9. The summed E-state index contributed by atoms with van der Waals surface area (Å²) in [6.45, 7) is 2.99. The molecule has 0 saturated carbocycles. The van der Waals surface area contributed by atoms with Crippen LogP contribution in [0.5, 0.6) is 0 Å². The lowest BCUT2D eigenvalue weighted by molar-refractivity contribution is 0.0683. The van der Waals surface area contributed by atoms with E-state index >= 15 is 0 Å². The zero-order valence-electron chi connectivity index (χ0n) is 11.5. The molecule has 0 unspecified atom stereocenters. The van der Waals surface area contributed by atoms with Crippen LogP contribution in [0.1, 0.15) is 10.6 Å². The Morgan fingerprint density at radius 1 is 1.19 bits per heavy atom. The normalized spacial score (nSPS) is 15.3. The van der Waals surface area contributed by atoms with Crippen molar-refractivity contribution in [2.45, 2.75) is 0 Å². The van der Waals surface area contributed by atoms with Gasteiger partial charge in [0.1, 0.15) is 5.82 Å². The molecule has 2 aromatic rings. The number of anilines is 2. The molecular weight excluding hydrogens is 274 g/mol. The molecule has 3 heterocycles. The minimum Gasteiger partial charge on any atom is -0.475 e. The summed E-state index contributed by atoms with van der Waals surface area (Å²) in [6, 6.07) is 0. The Labute approximate surface area is 120 Å². The molecule has 0 radical (unpaired) electrons. The summed E-state index contributed by atoms with van der Waals surface area (Å²) >= 11 is 0. The first-order valence-corrected chi connectivity index (χ1v) is 6.55. The Morgan fingerprint density at radius 2 is 1.90 bits per heavy atom. The molecule has 0 aliphatic carbocycles. The van der Waals surface area contributed by atoms with Crippen molar-refractivity contribution in [2.24, 2.45) is 7.05 Å². The Morgan fingerprint density at radius 3 is 2.48 bits per heavy atom. The number of aromatic nitrogens is 5. The predicted molar refractivity (Wildman–Crippen MR) is 74.4 cm³/mol. The van der Waals surface area contributed by atoms with Crippen molar-refractivity contribution < 1.29 is 9.90 Å². The number of piperazine rings is 1. The summed E-state index contributed by atoms with van der Waals surface area (Å²) in [7, 11) is 1.70. The lowest BCUT2D eigenvalue weighted by Gasteiger charge is -2.35. The molecule has 9 nitrogen and oxygen atoms in total. The number of aromatic carboxylic acids is 1. The molecule has 0 spiro atoms. The summed E-state index contributed by atoms with van der Waals surface area (Å²) in [6.07, 6.45) is 5.05. The fourth-order valence-corrected chi connectivity index (χ4v) is 2.33. The fourth-order valence-electron chi connectivity index (χ4n) is 2.33. The SMILES string of the molecule is Cn1nc(C(=O)O)nc1N1CCN(c2cnccn2)CC1. The quantitative estimate of drug-likeness (QED) is 0.817. The second kappa shape index (κ2) is 5.35. The van der Waals surface area contributed by atoms with Crippen molar-refractivity contribution in [3.05, 3.63) is 24.4 Å². The number of aryl methyl sites for hydroxylation is 1. The largest absolute Gasteiger partial charge is 0.475 e. The van der Waals surface area contributed by atoms with Crippen molar-refractivity contribution in [2.75, 3.05) is 36.0 Å². The molecule has 1 saturated heterocycles. The summed E-state index contributed by atoms with van der Waals surface area (Å²) in [4.78, 5) is 27.5. The highest BCUT2D eigenvalue weighted by Gasteiger charge is 2.23. The molecule has 9 heteroatoms. The number of hydrogen-bond acceptors (Lipinski definition) is 7. The van der Waals surface area contributed by atoms with Crippen LogP contribution in [0, 0.1) is 0 Å². The van der Waals surface area contributed by atoms with Crippen LogP contribution in [0.3, 0.4) is 0 Å². The van der Waals surface area contributed by atoms with Crippen LogP contribution in [-0.2, 0) is 7.05 Å². The smallest absolute Gasteiger partial charge is 0.375 e. The highest BCUT2D eigenvalue weighted by Crippen LogP contribution is 2.16. The van der Waals surface area contributed by atoms with Crippen molar-refractivity contribution in [3.63, 3.8) is 0 Å². The van der Waals surface area contributed by atoms with Gasteiger partial charge in [-0.05, 0) is 0 Å². The van der Waals surface area contributed by atoms with Gasteiger partial charge in [0.2, 0.25) is 5.95 Å². The van der Waals surface area contributed by atoms with E-state index in [1.807, 2.05) is 4.90 Å². The molecule has 3 rings (SSSR count). The van der Waals surface area contributed by atoms with E-state index in [4.69, 9.17) is 5.11 Å². The highest BCUT2D eigenvalue weighted by molar-refractivity contribution is 5.83. The number of carbonyl (C=O) groups is 1. The van der Waals surface area contributed by atoms with Gasteiger partial charge >= 0.3 is 5.97 Å². The third kappa shape index (κ3) is 2.62. The van der Waals surface area contributed by atoms with E-state index < -0.39 is 5.97 Å². The van der Waals surface area contributed by atoms with Gasteiger partial charge < -0.3 is 14.9 Å². The zero-order chi connectivity index (χ0) is 14.8. The molecule has 21 heavy (non-hydrogen) atoms. The monoisotopic (exact) mass is 289 g/mol. The topological polar surface area (TPSA) is 100 Å². The second-order valence-electron chi connectivity index (χ2n) is 4.70. The van der Waals surface area contributed by atoms with E-state index in [1.54, 1.807) is 25.6 Å². The zero-order valence-corrected chi connectivity index (χ0v) is 11.5. The summed E-state index contributed by atoms with van der Waals surface area (Å²) < 4.78 is 1.50. The van der Waals surface area contributed by atoms with Crippen LogP contribution in [0.4, 0.5) is 11.8 Å². The molecule has 0 aromatic carbocycles. The van der Waals surface area contributed by atoms with Crippen LogP contribution in [-0.4, -0.2) is 62.0 Å². The Bertz CT molecular complexity index is 634. The average molecular weight is 289 g/mol. The number of nitrogens with zero attached hydrogens (tertiary/aromatic N) is 7. The van der Waals surface area contributed by atoms with E-state index in [2.05, 4.69) is 25.0 Å². The van der Waals surface area contributed by atoms with Crippen molar-refractivity contribution in [3.8, 4) is 0 Å². The van der Waals surface area contributed by atoms with E-state index in [-0.39, 0.29) is 5.82 Å². The maximum absolute atomic E-state index is 10.9. The second-order valence-corrected chi connectivity index (χ2v) is 4.70. The van der Waals surface area contributed by atoms with Gasteiger partial charge in [-0.1, -0.05) is 0 Å². The first-order chi connectivity index (χ1) is 10.1. The minimum absolute atomic E-state index is 0.177. The van der Waals surface area contributed by atoms with Crippen molar-refractivity contribution >= 4 is 17.7 Å². The van der Waals surface area contributed by atoms with Gasteiger partial charge in [-0.15, -0.1) is 5.10 Å². The van der Waals surface area contributed by atoms with E-state index in [0.29, 0.717) is 5.95 Å². The Balaban J connectivity index is 1.70. The van der Waals surface area contributed by atoms with Gasteiger partial charge in [-0.3, -0.25) is 4.98 Å². The molecule has 0 amide bonds. The van der Waals surface area contributed by atoms with E-state index in [1.165, 1.54) is 4.68 Å². The van der Waals surface area contributed by atoms with Crippen LogP contribution in [0.25, 0.3) is 0 Å². The number of hydrogen-bond donors (Lipinski definition) is 1. The van der Waals surface area contributed by atoms with Crippen molar-refractivity contribution in [1.82, 2.24) is 24.7 Å². The summed E-state index contributed by atoms with van der Waals surface area (Å²) in [5, 5.41) is 12.8. The molecule has 1 fully saturated rings. The van der Waals surface area contributed by atoms with Gasteiger partial charge in [0.05, 0.1) is 6.20 Å². The average Bonchev–Trinajstić information content (AvgIpc) is 2.91. The first kappa shape index (κ1) is 13.3. The third-order valence-electron chi connectivity index (χ3n) is 3.37. The molecule has 0 bridgehead atoms. The Hall–Kier alpha value is -2.71. The maximum Gasteiger partial charge on any atom is 0.375 e. The van der Waals surface area contributed by atoms with Crippen LogP contribution < -0.4 is 9.80 Å². The van der Waals surface area contributed by atoms with Gasteiger partial charge in [0, 0.05) is 45.6 Å². The van der Waals surface area contributed by atoms with Crippen LogP contribution in [0.15, 0.2) is 18.6 Å². The number of carboxylic acid groups (broad SMARTS) is 1. The first-order valence-electron chi connectivity index (χ1n) is 6.55. The summed E-state index contributed by atoms with van der Waals surface area (Å²) in [5.41, 5.74) is 0. The van der Waals surface area contributed by atoms with Gasteiger partial charge in [0.15, 0.2) is 0 Å². The van der Waals surface area contributed by atoms with Crippen LogP contribution >= 0.6 is 0 Å². The van der Waals surface area contributed by atoms with Gasteiger partial charge in [-0.25, -0.2) is 14.5 Å². The molecule has 1 aliphatic heterocycles. The number of rotatable bonds is 3. The molecule has 0 atom stereocenters. The highest BCUT2D eigenvalue weighted by atomic mass is 16.4. The lowest BCUT2D eigenvalue weighted by Crippen LogP contribution is -2.47. The third-order valence-corrected chi connectivity index (χ3v) is 3.37. The molecule has 2 aromatic heterocycles. The molecule has 110 valence electrons. The van der Waals surface area contributed by atoms with Gasteiger partial charge in [0.25, 0.3) is 5.82 Å². The van der Waals surface area contributed by atoms with Crippen LogP contribution in [0.2, 0.25) is 0 Å². The standard InChI is InChI=1S/C12H15N7O2/c1-17-12(15-10(16-17)11(20)21)19-6-4-18(5-7-19)9-8-13-2-3-14-9/h2-3,8H,4-7H2,1H3,(H,20,21).